The number of carbonyl (C=O) groups excluding carboxylic acids is 1. The van der Waals surface area contributed by atoms with Crippen LogP contribution in [0.1, 0.15) is 5.82 Å². The molecule has 0 unspecified atom stereocenters. The Bertz CT molecular complexity index is 1320. The zero-order valence-electron chi connectivity index (χ0n) is 15.8. The van der Waals surface area contributed by atoms with Gasteiger partial charge in [-0.25, -0.2) is 18.6 Å². The SMILES string of the molecule is Cc1nc2ccccc2c(=O)n1-c1ccc(NC(=O)Nc2cc(F)ccc2F)cc1. The molecule has 0 aliphatic heterocycles. The minimum atomic E-state index is -0.749. The maximum atomic E-state index is 13.6. The van der Waals surface area contributed by atoms with E-state index < -0.39 is 17.7 Å². The first-order chi connectivity index (χ1) is 14.4. The number of aryl methyl sites for hydroxylation is 1. The van der Waals surface area contributed by atoms with Crippen LogP contribution in [0.15, 0.2) is 71.5 Å². The third-order valence-electron chi connectivity index (χ3n) is 4.50. The van der Waals surface area contributed by atoms with Gasteiger partial charge in [0.15, 0.2) is 0 Å². The molecule has 1 aromatic heterocycles. The minimum absolute atomic E-state index is 0.196. The van der Waals surface area contributed by atoms with Crippen LogP contribution in [0.4, 0.5) is 25.0 Å². The number of rotatable bonds is 3. The number of carbonyl (C=O) groups is 1. The Balaban J connectivity index is 1.56. The lowest BCUT2D eigenvalue weighted by molar-refractivity contribution is 0.262. The molecule has 0 bridgehead atoms. The smallest absolute Gasteiger partial charge is 0.308 e. The van der Waals surface area contributed by atoms with Gasteiger partial charge in [0, 0.05) is 11.8 Å². The summed E-state index contributed by atoms with van der Waals surface area (Å²) in [6.07, 6.45) is 0. The number of halogens is 2. The van der Waals surface area contributed by atoms with E-state index in [4.69, 9.17) is 0 Å². The summed E-state index contributed by atoms with van der Waals surface area (Å²) in [5.74, 6) is -0.889. The Kier molecular flexibility index (Phi) is 4.97. The number of urea groups is 1. The van der Waals surface area contributed by atoms with Gasteiger partial charge in [0.05, 0.1) is 22.3 Å². The summed E-state index contributed by atoms with van der Waals surface area (Å²) in [5, 5.41) is 5.29. The first kappa shape index (κ1) is 19.3. The molecule has 0 fully saturated rings. The fraction of sp³-hybridized carbons (Fsp3) is 0.0455. The lowest BCUT2D eigenvalue weighted by Crippen LogP contribution is -2.22. The second-order valence-electron chi connectivity index (χ2n) is 6.57. The normalized spacial score (nSPS) is 10.8. The van der Waals surface area contributed by atoms with Gasteiger partial charge in [0.1, 0.15) is 17.5 Å². The van der Waals surface area contributed by atoms with Gasteiger partial charge in [-0.15, -0.1) is 0 Å². The third-order valence-corrected chi connectivity index (χ3v) is 4.50. The van der Waals surface area contributed by atoms with E-state index in [0.29, 0.717) is 28.1 Å². The van der Waals surface area contributed by atoms with Crippen molar-refractivity contribution in [2.75, 3.05) is 10.6 Å². The van der Waals surface area contributed by atoms with Gasteiger partial charge in [-0.05, 0) is 55.5 Å². The Morgan fingerprint density at radius 2 is 1.70 bits per heavy atom. The highest BCUT2D eigenvalue weighted by Crippen LogP contribution is 2.18. The van der Waals surface area contributed by atoms with Crippen molar-refractivity contribution in [3.63, 3.8) is 0 Å². The fourth-order valence-electron chi connectivity index (χ4n) is 3.12. The highest BCUT2D eigenvalue weighted by molar-refractivity contribution is 5.99. The van der Waals surface area contributed by atoms with Crippen LogP contribution in [0, 0.1) is 18.6 Å². The molecule has 0 spiro atoms. The Morgan fingerprint density at radius 1 is 0.967 bits per heavy atom. The zero-order valence-corrected chi connectivity index (χ0v) is 15.8. The van der Waals surface area contributed by atoms with E-state index in [0.717, 1.165) is 18.2 Å². The van der Waals surface area contributed by atoms with E-state index in [1.807, 2.05) is 6.07 Å². The lowest BCUT2D eigenvalue weighted by Gasteiger charge is -2.12. The standard InChI is InChI=1S/C22H16F2N4O2/c1-13-25-19-5-3-2-4-17(19)21(29)28(13)16-9-7-15(8-10-16)26-22(30)27-20-12-14(23)6-11-18(20)24/h2-12H,1H3,(H2,26,27,30). The molecule has 0 aliphatic carbocycles. The van der Waals surface area contributed by atoms with Crippen LogP contribution in [-0.2, 0) is 0 Å². The second kappa shape index (κ2) is 7.75. The number of nitrogens with one attached hydrogen (secondary N) is 2. The van der Waals surface area contributed by atoms with Gasteiger partial charge >= 0.3 is 6.03 Å². The van der Waals surface area contributed by atoms with Gasteiger partial charge in [-0.3, -0.25) is 9.36 Å². The molecule has 150 valence electrons. The van der Waals surface area contributed by atoms with Gasteiger partial charge in [-0.2, -0.15) is 0 Å². The topological polar surface area (TPSA) is 76.0 Å². The molecule has 3 aromatic carbocycles. The molecule has 4 aromatic rings. The molecule has 0 saturated heterocycles. The van der Waals surface area contributed by atoms with Gasteiger partial charge in [0.25, 0.3) is 5.56 Å². The van der Waals surface area contributed by atoms with Crippen LogP contribution in [-0.4, -0.2) is 15.6 Å². The van der Waals surface area contributed by atoms with Crippen LogP contribution in [0.25, 0.3) is 16.6 Å². The van der Waals surface area contributed by atoms with Gasteiger partial charge in [0.2, 0.25) is 0 Å². The number of amides is 2. The number of anilines is 2. The van der Waals surface area contributed by atoms with Crippen molar-refractivity contribution in [3.8, 4) is 5.69 Å². The first-order valence-corrected chi connectivity index (χ1v) is 9.04. The van der Waals surface area contributed by atoms with Crippen molar-refractivity contribution in [2.24, 2.45) is 0 Å². The molecule has 4 rings (SSSR count). The van der Waals surface area contributed by atoms with Crippen LogP contribution in [0.2, 0.25) is 0 Å². The first-order valence-electron chi connectivity index (χ1n) is 9.04. The predicted molar refractivity (Wildman–Crippen MR) is 111 cm³/mol. The number of aromatic nitrogens is 2. The molecule has 2 amide bonds. The lowest BCUT2D eigenvalue weighted by atomic mass is 10.2. The van der Waals surface area contributed by atoms with Gasteiger partial charge < -0.3 is 10.6 Å². The summed E-state index contributed by atoms with van der Waals surface area (Å²) in [7, 11) is 0. The van der Waals surface area contributed by atoms with Crippen molar-refractivity contribution < 1.29 is 13.6 Å². The van der Waals surface area contributed by atoms with E-state index >= 15 is 0 Å². The number of hydrogen-bond acceptors (Lipinski definition) is 3. The van der Waals surface area contributed by atoms with E-state index in [-0.39, 0.29) is 11.2 Å². The number of hydrogen-bond donors (Lipinski definition) is 2. The molecule has 30 heavy (non-hydrogen) atoms. The van der Waals surface area contributed by atoms with Crippen molar-refractivity contribution >= 4 is 28.3 Å². The molecule has 8 heteroatoms. The third kappa shape index (κ3) is 3.75. The van der Waals surface area contributed by atoms with Crippen LogP contribution in [0.5, 0.6) is 0 Å². The summed E-state index contributed by atoms with van der Waals surface area (Å²) in [6, 6.07) is 15.6. The van der Waals surface area contributed by atoms with E-state index in [1.165, 1.54) is 4.57 Å². The Hall–Kier alpha value is -4.07. The number of nitrogens with zero attached hydrogens (tertiary/aromatic N) is 2. The number of benzene rings is 3. The molecule has 0 atom stereocenters. The Morgan fingerprint density at radius 3 is 2.47 bits per heavy atom. The van der Waals surface area contributed by atoms with Gasteiger partial charge in [-0.1, -0.05) is 12.1 Å². The maximum absolute atomic E-state index is 13.6. The fourth-order valence-corrected chi connectivity index (χ4v) is 3.12. The number of para-hydroxylation sites is 1. The zero-order chi connectivity index (χ0) is 21.3. The van der Waals surface area contributed by atoms with Crippen LogP contribution < -0.4 is 16.2 Å². The highest BCUT2D eigenvalue weighted by atomic mass is 19.1. The summed E-state index contributed by atoms with van der Waals surface area (Å²) >= 11 is 0. The second-order valence-corrected chi connectivity index (χ2v) is 6.57. The molecule has 0 saturated carbocycles. The Labute approximate surface area is 169 Å². The van der Waals surface area contributed by atoms with Crippen LogP contribution >= 0.6 is 0 Å². The summed E-state index contributed by atoms with van der Waals surface area (Å²) in [5.41, 5.74) is 1.15. The van der Waals surface area contributed by atoms with Crippen LogP contribution in [0.3, 0.4) is 0 Å². The summed E-state index contributed by atoms with van der Waals surface area (Å²) in [6.45, 7) is 1.74. The number of fused-ring (bicyclic) bond motifs is 1. The molecule has 2 N–H and O–H groups in total. The van der Waals surface area contributed by atoms with E-state index in [9.17, 15) is 18.4 Å². The average molecular weight is 406 g/mol. The van der Waals surface area contributed by atoms with E-state index in [1.54, 1.807) is 49.4 Å². The predicted octanol–water partition coefficient (Wildman–Crippen LogP) is 4.62. The van der Waals surface area contributed by atoms with E-state index in [2.05, 4.69) is 15.6 Å². The highest BCUT2D eigenvalue weighted by Gasteiger charge is 2.11. The minimum Gasteiger partial charge on any atom is -0.308 e. The van der Waals surface area contributed by atoms with Crippen molar-refractivity contribution in [2.45, 2.75) is 6.92 Å². The summed E-state index contributed by atoms with van der Waals surface area (Å²) in [4.78, 5) is 29.4. The monoisotopic (exact) mass is 406 g/mol. The van der Waals surface area contributed by atoms with Crippen molar-refractivity contribution in [3.05, 3.63) is 94.5 Å². The molecule has 0 radical (unpaired) electrons. The molecular formula is C22H16F2N4O2. The van der Waals surface area contributed by atoms with Crippen molar-refractivity contribution in [1.82, 2.24) is 9.55 Å². The molecule has 6 nitrogen and oxygen atoms in total. The quantitative estimate of drug-likeness (QED) is 0.521. The molecule has 1 heterocycles. The summed E-state index contributed by atoms with van der Waals surface area (Å²) < 4.78 is 28.4. The van der Waals surface area contributed by atoms with Crippen molar-refractivity contribution in [1.29, 1.82) is 0 Å². The molecule has 0 aliphatic rings. The largest absolute Gasteiger partial charge is 0.323 e. The maximum Gasteiger partial charge on any atom is 0.323 e. The molecular weight excluding hydrogens is 390 g/mol. The average Bonchev–Trinajstić information content (AvgIpc) is 2.72.